The maximum atomic E-state index is 10.2. The Bertz CT molecular complexity index is 162. The van der Waals surface area contributed by atoms with Crippen molar-refractivity contribution in [2.24, 2.45) is 5.73 Å². The number of nitrogens with two attached hydrogens (primary N) is 1. The summed E-state index contributed by atoms with van der Waals surface area (Å²) in [5.74, 6) is -1.04. The van der Waals surface area contributed by atoms with Crippen molar-refractivity contribution < 1.29 is 15.0 Å². The SMILES string of the molecule is CC(C(=O)O)=C(N)CCO. The Balaban J connectivity index is 4.19. The van der Waals surface area contributed by atoms with Crippen molar-refractivity contribution in [3.8, 4) is 0 Å². The van der Waals surface area contributed by atoms with Gasteiger partial charge in [-0.2, -0.15) is 0 Å². The van der Waals surface area contributed by atoms with Crippen molar-refractivity contribution in [3.05, 3.63) is 11.3 Å². The van der Waals surface area contributed by atoms with Crippen LogP contribution in [0.2, 0.25) is 0 Å². The first-order valence-electron chi connectivity index (χ1n) is 2.89. The molecule has 0 amide bonds. The summed E-state index contributed by atoms with van der Waals surface area (Å²) in [6.07, 6.45) is 0.220. The smallest absolute Gasteiger partial charge is 0.333 e. The molecule has 0 bridgehead atoms. The van der Waals surface area contributed by atoms with Crippen LogP contribution in [0.5, 0.6) is 0 Å². The average molecular weight is 145 g/mol. The van der Waals surface area contributed by atoms with Crippen LogP contribution in [0, 0.1) is 0 Å². The molecule has 0 unspecified atom stereocenters. The van der Waals surface area contributed by atoms with E-state index in [0.717, 1.165) is 0 Å². The normalized spacial score (nSPS) is 12.6. The lowest BCUT2D eigenvalue weighted by Gasteiger charge is -1.99. The minimum atomic E-state index is -1.04. The lowest BCUT2D eigenvalue weighted by Crippen LogP contribution is -2.09. The second-order valence-electron chi connectivity index (χ2n) is 1.93. The van der Waals surface area contributed by atoms with Crippen molar-refractivity contribution >= 4 is 5.97 Å². The second kappa shape index (κ2) is 3.90. The van der Waals surface area contributed by atoms with Crippen molar-refractivity contribution in [2.45, 2.75) is 13.3 Å². The molecular weight excluding hydrogens is 134 g/mol. The zero-order chi connectivity index (χ0) is 8.15. The number of carboxylic acids is 1. The van der Waals surface area contributed by atoms with E-state index in [9.17, 15) is 4.79 Å². The summed E-state index contributed by atoms with van der Waals surface area (Å²) < 4.78 is 0. The van der Waals surface area contributed by atoms with E-state index in [-0.39, 0.29) is 24.3 Å². The molecule has 0 saturated carbocycles. The fourth-order valence-electron chi connectivity index (χ4n) is 0.445. The van der Waals surface area contributed by atoms with Gasteiger partial charge in [-0.15, -0.1) is 0 Å². The highest BCUT2D eigenvalue weighted by Gasteiger charge is 2.04. The predicted molar refractivity (Wildman–Crippen MR) is 36.2 cm³/mol. The number of carboxylic acid groups (broad SMARTS) is 1. The molecule has 4 nitrogen and oxygen atoms in total. The highest BCUT2D eigenvalue weighted by Crippen LogP contribution is 2.00. The zero-order valence-corrected chi connectivity index (χ0v) is 5.79. The van der Waals surface area contributed by atoms with Crippen LogP contribution in [-0.4, -0.2) is 22.8 Å². The Morgan fingerprint density at radius 1 is 1.60 bits per heavy atom. The van der Waals surface area contributed by atoms with Gasteiger partial charge in [0.2, 0.25) is 0 Å². The van der Waals surface area contributed by atoms with E-state index < -0.39 is 5.97 Å². The molecule has 0 radical (unpaired) electrons. The summed E-state index contributed by atoms with van der Waals surface area (Å²) in [7, 11) is 0. The van der Waals surface area contributed by atoms with E-state index in [0.29, 0.717) is 0 Å². The fraction of sp³-hybridized carbons (Fsp3) is 0.500. The minimum absolute atomic E-state index is 0.106. The number of aliphatic hydroxyl groups excluding tert-OH is 1. The third kappa shape index (κ3) is 2.50. The summed E-state index contributed by atoms with van der Waals surface area (Å²) >= 11 is 0. The molecule has 0 aromatic rings. The topological polar surface area (TPSA) is 83.5 Å². The molecule has 0 rings (SSSR count). The molecular formula is C6H11NO3. The predicted octanol–water partition coefficient (Wildman–Crippen LogP) is -0.314. The van der Waals surface area contributed by atoms with Gasteiger partial charge in [0.15, 0.2) is 0 Å². The average Bonchev–Trinajstić information content (AvgIpc) is 1.87. The highest BCUT2D eigenvalue weighted by molar-refractivity contribution is 5.86. The number of carbonyl (C=O) groups is 1. The van der Waals surface area contributed by atoms with E-state index in [2.05, 4.69) is 0 Å². The Morgan fingerprint density at radius 3 is 2.40 bits per heavy atom. The molecule has 4 N–H and O–H groups in total. The first-order chi connectivity index (χ1) is 4.59. The van der Waals surface area contributed by atoms with Gasteiger partial charge in [-0.05, 0) is 6.92 Å². The summed E-state index contributed by atoms with van der Waals surface area (Å²) in [5, 5.41) is 16.7. The third-order valence-corrected chi connectivity index (χ3v) is 1.18. The van der Waals surface area contributed by atoms with Crippen LogP contribution in [-0.2, 0) is 4.79 Å². The molecule has 0 aliphatic rings. The maximum absolute atomic E-state index is 10.2. The van der Waals surface area contributed by atoms with Crippen LogP contribution in [0.4, 0.5) is 0 Å². The Labute approximate surface area is 59.0 Å². The van der Waals surface area contributed by atoms with Crippen LogP contribution < -0.4 is 5.73 Å². The van der Waals surface area contributed by atoms with Gasteiger partial charge in [0.05, 0.1) is 5.57 Å². The number of aliphatic hydroxyl groups is 1. The van der Waals surface area contributed by atoms with Gasteiger partial charge in [-0.1, -0.05) is 0 Å². The number of rotatable bonds is 3. The van der Waals surface area contributed by atoms with Gasteiger partial charge in [0.25, 0.3) is 0 Å². The van der Waals surface area contributed by atoms with Gasteiger partial charge in [0.1, 0.15) is 0 Å². The summed E-state index contributed by atoms with van der Waals surface area (Å²) in [6, 6.07) is 0. The molecule has 10 heavy (non-hydrogen) atoms. The van der Waals surface area contributed by atoms with E-state index >= 15 is 0 Å². The first-order valence-corrected chi connectivity index (χ1v) is 2.89. The number of aliphatic carboxylic acids is 1. The third-order valence-electron chi connectivity index (χ3n) is 1.18. The largest absolute Gasteiger partial charge is 0.478 e. The van der Waals surface area contributed by atoms with Crippen molar-refractivity contribution in [1.29, 1.82) is 0 Å². The summed E-state index contributed by atoms with van der Waals surface area (Å²) in [5.41, 5.74) is 5.60. The maximum Gasteiger partial charge on any atom is 0.333 e. The van der Waals surface area contributed by atoms with Crippen molar-refractivity contribution in [3.63, 3.8) is 0 Å². The van der Waals surface area contributed by atoms with Gasteiger partial charge in [-0.25, -0.2) is 4.79 Å². The van der Waals surface area contributed by atoms with Crippen molar-refractivity contribution in [2.75, 3.05) is 6.61 Å². The summed E-state index contributed by atoms with van der Waals surface area (Å²) in [4.78, 5) is 10.2. The molecule has 0 fully saturated rings. The molecule has 0 aromatic heterocycles. The molecule has 0 aromatic carbocycles. The first kappa shape index (κ1) is 8.97. The van der Waals surface area contributed by atoms with Crippen LogP contribution in [0.3, 0.4) is 0 Å². The lowest BCUT2D eigenvalue weighted by molar-refractivity contribution is -0.132. The minimum Gasteiger partial charge on any atom is -0.478 e. The van der Waals surface area contributed by atoms with E-state index in [1.807, 2.05) is 0 Å². The molecule has 0 spiro atoms. The molecule has 58 valence electrons. The molecule has 0 heterocycles. The second-order valence-corrected chi connectivity index (χ2v) is 1.93. The van der Waals surface area contributed by atoms with Crippen LogP contribution >= 0.6 is 0 Å². The number of hydrogen-bond donors (Lipinski definition) is 3. The fourth-order valence-corrected chi connectivity index (χ4v) is 0.445. The standard InChI is InChI=1S/C6H11NO3/c1-4(6(9)10)5(7)2-3-8/h8H,2-3,7H2,1H3,(H,9,10). The van der Waals surface area contributed by atoms with Crippen LogP contribution in [0.1, 0.15) is 13.3 Å². The molecule has 4 heteroatoms. The Kier molecular flexibility index (Phi) is 3.49. The van der Waals surface area contributed by atoms with E-state index in [1.54, 1.807) is 0 Å². The number of hydrogen-bond acceptors (Lipinski definition) is 3. The molecule has 0 aliphatic heterocycles. The van der Waals surface area contributed by atoms with Crippen molar-refractivity contribution in [1.82, 2.24) is 0 Å². The van der Waals surface area contributed by atoms with Gasteiger partial charge in [-0.3, -0.25) is 0 Å². The van der Waals surface area contributed by atoms with Crippen LogP contribution in [0.15, 0.2) is 11.3 Å². The monoisotopic (exact) mass is 145 g/mol. The zero-order valence-electron chi connectivity index (χ0n) is 5.79. The summed E-state index contributed by atoms with van der Waals surface area (Å²) in [6.45, 7) is 1.30. The molecule has 0 saturated heterocycles. The van der Waals surface area contributed by atoms with E-state index in [4.69, 9.17) is 15.9 Å². The molecule has 0 aliphatic carbocycles. The van der Waals surface area contributed by atoms with Crippen LogP contribution in [0.25, 0.3) is 0 Å². The lowest BCUT2D eigenvalue weighted by atomic mass is 10.2. The van der Waals surface area contributed by atoms with Gasteiger partial charge >= 0.3 is 5.97 Å². The van der Waals surface area contributed by atoms with E-state index in [1.165, 1.54) is 6.92 Å². The quantitative estimate of drug-likeness (QED) is 0.475. The highest BCUT2D eigenvalue weighted by atomic mass is 16.4. The Hall–Kier alpha value is -1.03. The van der Waals surface area contributed by atoms with Gasteiger partial charge < -0.3 is 15.9 Å². The molecule has 0 atom stereocenters. The Morgan fingerprint density at radius 2 is 2.10 bits per heavy atom. The van der Waals surface area contributed by atoms with Gasteiger partial charge in [0, 0.05) is 18.7 Å².